The molecule has 0 bridgehead atoms. The molecule has 1 unspecified atom stereocenters. The Bertz CT molecular complexity index is 973. The van der Waals surface area contributed by atoms with Crippen molar-refractivity contribution >= 4 is 12.0 Å². The lowest BCUT2D eigenvalue weighted by Gasteiger charge is -2.34. The third kappa shape index (κ3) is 4.45. The van der Waals surface area contributed by atoms with Crippen LogP contribution in [-0.2, 0) is 16.0 Å². The first-order valence-electron chi connectivity index (χ1n) is 9.86. The number of urea groups is 1. The van der Waals surface area contributed by atoms with Crippen molar-refractivity contribution < 1.29 is 23.5 Å². The van der Waals surface area contributed by atoms with E-state index in [9.17, 15) is 14.0 Å². The second kappa shape index (κ2) is 9.43. The summed E-state index contributed by atoms with van der Waals surface area (Å²) in [4.78, 5) is 26.7. The van der Waals surface area contributed by atoms with Gasteiger partial charge in [-0.1, -0.05) is 37.3 Å². The number of hydrogen-bond donors (Lipinski definition) is 1. The van der Waals surface area contributed by atoms with Crippen LogP contribution in [0.2, 0.25) is 0 Å². The second-order valence-corrected chi connectivity index (χ2v) is 6.83. The maximum absolute atomic E-state index is 14.5. The quantitative estimate of drug-likeness (QED) is 0.699. The molecule has 2 amide bonds. The molecule has 1 aliphatic heterocycles. The van der Waals surface area contributed by atoms with Crippen molar-refractivity contribution in [1.82, 2.24) is 10.2 Å². The number of carbonyl (C=O) groups excluding carboxylic acids is 2. The van der Waals surface area contributed by atoms with Crippen LogP contribution >= 0.6 is 0 Å². The lowest BCUT2D eigenvalue weighted by molar-refractivity contribution is -0.139. The van der Waals surface area contributed by atoms with E-state index in [1.165, 1.54) is 24.1 Å². The van der Waals surface area contributed by atoms with E-state index in [1.807, 2.05) is 25.1 Å². The zero-order chi connectivity index (χ0) is 21.7. The van der Waals surface area contributed by atoms with Gasteiger partial charge < -0.3 is 14.8 Å². The molecule has 2 aromatic carbocycles. The minimum absolute atomic E-state index is 0.0454. The Morgan fingerprint density at radius 2 is 1.93 bits per heavy atom. The number of hydrogen-bond acceptors (Lipinski definition) is 4. The molecule has 3 rings (SSSR count). The predicted octanol–water partition coefficient (Wildman–Crippen LogP) is 3.98. The largest absolute Gasteiger partial charge is 0.487 e. The van der Waals surface area contributed by atoms with Gasteiger partial charge in [-0.2, -0.15) is 0 Å². The van der Waals surface area contributed by atoms with Crippen LogP contribution in [-0.4, -0.2) is 37.2 Å². The van der Waals surface area contributed by atoms with Crippen molar-refractivity contribution in [3.63, 3.8) is 0 Å². The first kappa shape index (κ1) is 21.4. The van der Waals surface area contributed by atoms with Crippen molar-refractivity contribution in [2.75, 3.05) is 20.3 Å². The van der Waals surface area contributed by atoms with Crippen LogP contribution in [0.5, 0.6) is 5.75 Å². The van der Waals surface area contributed by atoms with E-state index in [4.69, 9.17) is 9.47 Å². The minimum atomic E-state index is -0.977. The molecule has 0 radical (unpaired) electrons. The van der Waals surface area contributed by atoms with Gasteiger partial charge in [-0.25, -0.2) is 14.0 Å². The highest BCUT2D eigenvalue weighted by Gasteiger charge is 2.38. The van der Waals surface area contributed by atoms with Gasteiger partial charge in [-0.15, -0.1) is 0 Å². The van der Waals surface area contributed by atoms with Crippen LogP contribution in [0.3, 0.4) is 0 Å². The number of likely N-dealkylation sites (N-methyl/N-ethyl adjacent to an activating group) is 1. The highest BCUT2D eigenvalue weighted by atomic mass is 19.1. The first-order valence-corrected chi connectivity index (χ1v) is 9.86. The molecule has 0 aliphatic carbocycles. The Morgan fingerprint density at radius 3 is 2.63 bits per heavy atom. The van der Waals surface area contributed by atoms with E-state index in [0.29, 0.717) is 11.4 Å². The standard InChI is InChI=1S/C23H25FN2O4/c1-4-15-9-8-10-16(13-15)30-14-19-20(22(27)29-5-2)21(25-23(28)26(19)3)17-11-6-7-12-18(17)24/h6-13,21H,4-5,14H2,1-3H3,(H,25,28). The molecule has 6 nitrogen and oxygen atoms in total. The molecule has 30 heavy (non-hydrogen) atoms. The summed E-state index contributed by atoms with van der Waals surface area (Å²) in [5.41, 5.74) is 1.77. The highest BCUT2D eigenvalue weighted by molar-refractivity contribution is 5.95. The maximum atomic E-state index is 14.5. The molecule has 0 saturated carbocycles. The van der Waals surface area contributed by atoms with Crippen molar-refractivity contribution in [2.24, 2.45) is 0 Å². The molecule has 1 atom stereocenters. The third-order valence-electron chi connectivity index (χ3n) is 4.97. The summed E-state index contributed by atoms with van der Waals surface area (Å²) < 4.78 is 25.6. The van der Waals surface area contributed by atoms with Crippen LogP contribution < -0.4 is 10.1 Å². The van der Waals surface area contributed by atoms with E-state index in [0.717, 1.165) is 12.0 Å². The molecule has 0 aromatic heterocycles. The molecule has 158 valence electrons. The zero-order valence-corrected chi connectivity index (χ0v) is 17.3. The molecule has 0 saturated heterocycles. The Kier molecular flexibility index (Phi) is 6.72. The summed E-state index contributed by atoms with van der Waals surface area (Å²) in [5, 5.41) is 2.69. The smallest absolute Gasteiger partial charge is 0.338 e. The average Bonchev–Trinajstić information content (AvgIpc) is 2.75. The minimum Gasteiger partial charge on any atom is -0.487 e. The molecule has 0 spiro atoms. The summed E-state index contributed by atoms with van der Waals surface area (Å²) >= 11 is 0. The van der Waals surface area contributed by atoms with Crippen molar-refractivity contribution in [3.8, 4) is 5.75 Å². The van der Waals surface area contributed by atoms with Gasteiger partial charge in [-0.3, -0.25) is 4.90 Å². The number of ether oxygens (including phenoxy) is 2. The molecule has 1 aliphatic rings. The Labute approximate surface area is 175 Å². The van der Waals surface area contributed by atoms with Gasteiger partial charge in [0, 0.05) is 12.6 Å². The number of nitrogens with zero attached hydrogens (tertiary/aromatic N) is 1. The molecule has 7 heteroatoms. The fourth-order valence-electron chi connectivity index (χ4n) is 3.33. The zero-order valence-electron chi connectivity index (χ0n) is 17.3. The van der Waals surface area contributed by atoms with Crippen LogP contribution in [0, 0.1) is 5.82 Å². The van der Waals surface area contributed by atoms with Gasteiger partial charge in [0.2, 0.25) is 0 Å². The monoisotopic (exact) mass is 412 g/mol. The van der Waals surface area contributed by atoms with Gasteiger partial charge in [0.25, 0.3) is 0 Å². The van der Waals surface area contributed by atoms with Crippen molar-refractivity contribution in [1.29, 1.82) is 0 Å². The lowest BCUT2D eigenvalue weighted by Crippen LogP contribution is -2.48. The van der Waals surface area contributed by atoms with Crippen LogP contribution in [0.25, 0.3) is 0 Å². The first-order chi connectivity index (χ1) is 14.5. The van der Waals surface area contributed by atoms with Gasteiger partial charge >= 0.3 is 12.0 Å². The van der Waals surface area contributed by atoms with Gasteiger partial charge in [-0.05, 0) is 37.1 Å². The third-order valence-corrected chi connectivity index (χ3v) is 4.97. The fraction of sp³-hybridized carbons (Fsp3) is 0.304. The average molecular weight is 412 g/mol. The number of esters is 1. The van der Waals surface area contributed by atoms with Crippen molar-refractivity contribution in [3.05, 3.63) is 76.7 Å². The van der Waals surface area contributed by atoms with Crippen LogP contribution in [0.4, 0.5) is 9.18 Å². The van der Waals surface area contributed by atoms with Gasteiger partial charge in [0.15, 0.2) is 0 Å². The summed E-state index contributed by atoms with van der Waals surface area (Å²) in [5.74, 6) is -0.532. The summed E-state index contributed by atoms with van der Waals surface area (Å²) in [6.45, 7) is 3.83. The maximum Gasteiger partial charge on any atom is 0.338 e. The number of aryl methyl sites for hydroxylation is 1. The molecule has 0 fully saturated rings. The number of nitrogens with one attached hydrogen (secondary N) is 1. The van der Waals surface area contributed by atoms with E-state index in [-0.39, 0.29) is 24.4 Å². The molecule has 2 aromatic rings. The topological polar surface area (TPSA) is 67.9 Å². The van der Waals surface area contributed by atoms with Crippen LogP contribution in [0.15, 0.2) is 59.8 Å². The lowest BCUT2D eigenvalue weighted by atomic mass is 9.94. The summed E-state index contributed by atoms with van der Waals surface area (Å²) in [6, 6.07) is 12.2. The molecular formula is C23H25FN2O4. The van der Waals surface area contributed by atoms with E-state index < -0.39 is 23.9 Å². The predicted molar refractivity (Wildman–Crippen MR) is 110 cm³/mol. The molecule has 1 heterocycles. The van der Waals surface area contributed by atoms with Gasteiger partial charge in [0.05, 0.1) is 23.9 Å². The van der Waals surface area contributed by atoms with Crippen molar-refractivity contribution in [2.45, 2.75) is 26.3 Å². The number of halogens is 1. The summed E-state index contributed by atoms with van der Waals surface area (Å²) in [6.07, 6.45) is 0.853. The highest BCUT2D eigenvalue weighted by Crippen LogP contribution is 2.32. The molecular weight excluding hydrogens is 387 g/mol. The summed E-state index contributed by atoms with van der Waals surface area (Å²) in [7, 11) is 1.54. The molecule has 1 N–H and O–H groups in total. The number of carbonyl (C=O) groups is 2. The SMILES string of the molecule is CCOC(=O)C1=C(COc2cccc(CC)c2)N(C)C(=O)NC1c1ccccc1F. The normalized spacial score (nSPS) is 16.3. The number of rotatable bonds is 7. The van der Waals surface area contributed by atoms with E-state index >= 15 is 0 Å². The second-order valence-electron chi connectivity index (χ2n) is 6.83. The number of benzene rings is 2. The number of amides is 2. The van der Waals surface area contributed by atoms with Gasteiger partial charge in [0.1, 0.15) is 18.2 Å². The van der Waals surface area contributed by atoms with Crippen LogP contribution in [0.1, 0.15) is 31.0 Å². The fourth-order valence-corrected chi connectivity index (χ4v) is 3.33. The Balaban J connectivity index is 2.03. The Hall–Kier alpha value is -3.35. The van der Waals surface area contributed by atoms with E-state index in [1.54, 1.807) is 25.1 Å². The van der Waals surface area contributed by atoms with E-state index in [2.05, 4.69) is 5.32 Å². The Morgan fingerprint density at radius 1 is 1.17 bits per heavy atom.